The SMILES string of the molecule is COc1c(NS(=O)(=O)N2CCC(F)C2)ccc(F)c1C(=O)c1cn(C(=O)c2c(Cl)cccc2Cl)c2ncc(Br)cc12. The lowest BCUT2D eigenvalue weighted by molar-refractivity contribution is 0.0964. The number of fused-ring (bicyclic) bond motifs is 1. The van der Waals surface area contributed by atoms with E-state index in [9.17, 15) is 22.4 Å². The van der Waals surface area contributed by atoms with Crippen LogP contribution in [0.2, 0.25) is 10.0 Å². The zero-order chi connectivity index (χ0) is 29.6. The number of ketones is 1. The molecule has 1 aliphatic heterocycles. The van der Waals surface area contributed by atoms with E-state index in [1.54, 1.807) is 6.07 Å². The zero-order valence-electron chi connectivity index (χ0n) is 21.0. The first-order valence-electron chi connectivity index (χ1n) is 11.9. The highest BCUT2D eigenvalue weighted by molar-refractivity contribution is 9.10. The number of methoxy groups -OCH3 is 1. The monoisotopic (exact) mass is 686 g/mol. The van der Waals surface area contributed by atoms with Crippen molar-refractivity contribution >= 4 is 77.8 Å². The maximum Gasteiger partial charge on any atom is 0.301 e. The minimum atomic E-state index is -4.25. The fourth-order valence-corrected chi connectivity index (χ4v) is 6.71. The Morgan fingerprint density at radius 2 is 1.88 bits per heavy atom. The van der Waals surface area contributed by atoms with E-state index in [2.05, 4.69) is 25.6 Å². The highest BCUT2D eigenvalue weighted by Crippen LogP contribution is 2.36. The van der Waals surface area contributed by atoms with Crippen LogP contribution < -0.4 is 9.46 Å². The third kappa shape index (κ3) is 5.44. The van der Waals surface area contributed by atoms with Crippen molar-refractivity contribution in [1.82, 2.24) is 13.9 Å². The van der Waals surface area contributed by atoms with Gasteiger partial charge in [0, 0.05) is 35.3 Å². The molecule has 4 aromatic rings. The standard InChI is InChI=1S/C26H19BrCl2F2N4O5S/c1-40-24-20(33-41(38,39)34-8-7-14(30)11-34)6-5-19(31)22(24)23(36)16-12-35(25-15(16)9-13(27)10-32-25)26(37)21-17(28)3-2-4-18(21)29/h2-6,9-10,12,14,33H,7-8,11H2,1H3. The molecule has 15 heteroatoms. The van der Waals surface area contributed by atoms with Crippen molar-refractivity contribution < 1.29 is 31.5 Å². The van der Waals surface area contributed by atoms with E-state index in [4.69, 9.17) is 27.9 Å². The quantitative estimate of drug-likeness (QED) is 0.243. The van der Waals surface area contributed by atoms with Crippen LogP contribution in [-0.2, 0) is 10.2 Å². The molecule has 0 radical (unpaired) electrons. The van der Waals surface area contributed by atoms with Gasteiger partial charge in [-0.1, -0.05) is 29.3 Å². The van der Waals surface area contributed by atoms with Gasteiger partial charge in [-0.05, 0) is 52.7 Å². The van der Waals surface area contributed by atoms with E-state index in [0.717, 1.165) is 28.1 Å². The van der Waals surface area contributed by atoms with E-state index in [1.807, 2.05) is 0 Å². The van der Waals surface area contributed by atoms with Gasteiger partial charge < -0.3 is 4.74 Å². The topological polar surface area (TPSA) is 111 Å². The summed E-state index contributed by atoms with van der Waals surface area (Å²) in [6.45, 7) is -0.383. The molecule has 1 aliphatic rings. The molecule has 0 bridgehead atoms. The van der Waals surface area contributed by atoms with Crippen molar-refractivity contribution in [3.8, 4) is 5.75 Å². The van der Waals surface area contributed by atoms with Crippen LogP contribution in [0.5, 0.6) is 5.75 Å². The number of benzene rings is 2. The van der Waals surface area contributed by atoms with E-state index >= 15 is 4.39 Å². The van der Waals surface area contributed by atoms with Gasteiger partial charge in [-0.25, -0.2) is 13.8 Å². The Balaban J connectivity index is 1.63. The lowest BCUT2D eigenvalue weighted by atomic mass is 10.0. The second kappa shape index (κ2) is 11.3. The summed E-state index contributed by atoms with van der Waals surface area (Å²) in [4.78, 5) is 31.7. The van der Waals surface area contributed by atoms with Crippen molar-refractivity contribution in [1.29, 1.82) is 0 Å². The summed E-state index contributed by atoms with van der Waals surface area (Å²) in [6, 6.07) is 8.03. The molecule has 0 aliphatic carbocycles. The molecule has 0 amide bonds. The van der Waals surface area contributed by atoms with Crippen molar-refractivity contribution in [2.24, 2.45) is 0 Å². The number of hydrogen-bond donors (Lipinski definition) is 1. The number of hydrogen-bond acceptors (Lipinski definition) is 6. The molecule has 1 saturated heterocycles. The summed E-state index contributed by atoms with van der Waals surface area (Å²) < 4.78 is 64.7. The van der Waals surface area contributed by atoms with Gasteiger partial charge >= 0.3 is 10.2 Å². The molecule has 9 nitrogen and oxygen atoms in total. The maximum atomic E-state index is 15.3. The Hall–Kier alpha value is -3.10. The molecule has 1 unspecified atom stereocenters. The molecule has 0 saturated carbocycles. The van der Waals surface area contributed by atoms with Crippen LogP contribution in [0, 0.1) is 5.82 Å². The molecule has 2 aromatic carbocycles. The fraction of sp³-hybridized carbons (Fsp3) is 0.192. The predicted molar refractivity (Wildman–Crippen MR) is 154 cm³/mol. The van der Waals surface area contributed by atoms with Gasteiger partial charge in [0.05, 0.1) is 34.0 Å². The Labute approximate surface area is 251 Å². The summed E-state index contributed by atoms with van der Waals surface area (Å²) in [6.07, 6.45) is 1.31. The van der Waals surface area contributed by atoms with Crippen LogP contribution in [0.15, 0.2) is 53.3 Å². The van der Waals surface area contributed by atoms with Gasteiger partial charge in [-0.15, -0.1) is 0 Å². The largest absolute Gasteiger partial charge is 0.494 e. The van der Waals surface area contributed by atoms with Crippen LogP contribution in [0.3, 0.4) is 0 Å². The number of nitrogens with zero attached hydrogens (tertiary/aromatic N) is 3. The average molecular weight is 688 g/mol. The number of anilines is 1. The number of carbonyl (C=O) groups excluding carboxylic acids is 2. The molecule has 5 rings (SSSR count). The Morgan fingerprint density at radius 3 is 2.51 bits per heavy atom. The number of ether oxygens (including phenoxy) is 1. The molecule has 1 atom stereocenters. The lowest BCUT2D eigenvalue weighted by Gasteiger charge is -2.19. The molecular weight excluding hydrogens is 669 g/mol. The smallest absolute Gasteiger partial charge is 0.301 e. The van der Waals surface area contributed by atoms with Gasteiger partial charge in [0.25, 0.3) is 5.91 Å². The lowest BCUT2D eigenvalue weighted by Crippen LogP contribution is -2.34. The third-order valence-corrected chi connectivity index (χ3v) is 9.01. The van der Waals surface area contributed by atoms with Crippen molar-refractivity contribution in [3.05, 3.63) is 85.8 Å². The summed E-state index contributed by atoms with van der Waals surface area (Å²) >= 11 is 15.8. The number of aromatic nitrogens is 2. The van der Waals surface area contributed by atoms with Gasteiger partial charge in [-0.3, -0.25) is 18.9 Å². The minimum absolute atomic E-state index is 0.0333. The number of rotatable bonds is 7. The Kier molecular flexibility index (Phi) is 8.09. The molecular formula is C26H19BrCl2F2N4O5S. The first-order valence-corrected chi connectivity index (χ1v) is 14.9. The molecule has 41 heavy (non-hydrogen) atoms. The Bertz CT molecular complexity index is 1820. The number of pyridine rings is 1. The van der Waals surface area contributed by atoms with Crippen LogP contribution >= 0.6 is 39.1 Å². The molecule has 2 aromatic heterocycles. The Morgan fingerprint density at radius 1 is 1.17 bits per heavy atom. The van der Waals surface area contributed by atoms with E-state index in [1.165, 1.54) is 30.6 Å². The third-order valence-electron chi connectivity index (χ3n) is 6.46. The van der Waals surface area contributed by atoms with Crippen molar-refractivity contribution in [2.45, 2.75) is 12.6 Å². The highest BCUT2D eigenvalue weighted by atomic mass is 79.9. The molecule has 0 spiro atoms. The van der Waals surface area contributed by atoms with Gasteiger partial charge in [0.15, 0.2) is 5.75 Å². The summed E-state index contributed by atoms with van der Waals surface area (Å²) in [5.41, 5.74) is -0.943. The van der Waals surface area contributed by atoms with E-state index in [0.29, 0.717) is 4.47 Å². The number of carbonyl (C=O) groups is 2. The normalized spacial score (nSPS) is 15.8. The summed E-state index contributed by atoms with van der Waals surface area (Å²) in [7, 11) is -3.11. The van der Waals surface area contributed by atoms with Crippen molar-refractivity contribution in [2.75, 3.05) is 24.9 Å². The van der Waals surface area contributed by atoms with Crippen LogP contribution in [0.4, 0.5) is 14.5 Å². The number of halogens is 5. The first kappa shape index (κ1) is 29.4. The molecule has 214 valence electrons. The highest BCUT2D eigenvalue weighted by Gasteiger charge is 2.34. The number of alkyl halides is 1. The van der Waals surface area contributed by atoms with Crippen LogP contribution in [0.1, 0.15) is 32.7 Å². The average Bonchev–Trinajstić information content (AvgIpc) is 3.53. The maximum absolute atomic E-state index is 15.3. The van der Waals surface area contributed by atoms with E-state index in [-0.39, 0.29) is 57.4 Å². The molecule has 3 heterocycles. The number of nitrogens with one attached hydrogen (secondary N) is 1. The zero-order valence-corrected chi connectivity index (χ0v) is 24.9. The second-order valence-electron chi connectivity index (χ2n) is 9.02. The first-order chi connectivity index (χ1) is 19.4. The fourth-order valence-electron chi connectivity index (χ4n) is 4.55. The summed E-state index contributed by atoms with van der Waals surface area (Å²) in [5, 5.41) is 0.317. The van der Waals surface area contributed by atoms with Crippen molar-refractivity contribution in [3.63, 3.8) is 0 Å². The predicted octanol–water partition coefficient (Wildman–Crippen LogP) is 5.87. The van der Waals surface area contributed by atoms with E-state index < -0.39 is 45.2 Å². The molecule has 1 N–H and O–H groups in total. The van der Waals surface area contributed by atoms with Gasteiger partial charge in [0.1, 0.15) is 23.2 Å². The van der Waals surface area contributed by atoms with Crippen LogP contribution in [-0.4, -0.2) is 60.3 Å². The summed E-state index contributed by atoms with van der Waals surface area (Å²) in [5.74, 6) is -3.03. The molecule has 1 fully saturated rings. The van der Waals surface area contributed by atoms with Gasteiger partial charge in [0.2, 0.25) is 5.78 Å². The van der Waals surface area contributed by atoms with Crippen LogP contribution in [0.25, 0.3) is 11.0 Å². The van der Waals surface area contributed by atoms with Gasteiger partial charge in [-0.2, -0.15) is 12.7 Å². The second-order valence-corrected chi connectivity index (χ2v) is 12.4. The minimum Gasteiger partial charge on any atom is -0.494 e.